The second-order valence-corrected chi connectivity index (χ2v) is 7.82. The van der Waals surface area contributed by atoms with Crippen LogP contribution in [0.4, 0.5) is 10.7 Å². The maximum absolute atomic E-state index is 12.0. The summed E-state index contributed by atoms with van der Waals surface area (Å²) >= 11 is 0. The largest absolute Gasteiger partial charge is 0.347 e. The van der Waals surface area contributed by atoms with Crippen LogP contribution < -0.4 is 14.9 Å². The van der Waals surface area contributed by atoms with E-state index in [2.05, 4.69) is 15.3 Å². The standard InChI is InChI=1S/C17H23N5O3S/c1-22(2)16-18-11-15(12-19-16)13-20-17(23)21-26(24,25)10-6-9-14-7-4-3-5-8-14/h3-5,7-8,11-12H,6,9-10,13H2,1-2H3,(H2,20,21,23). The van der Waals surface area contributed by atoms with Crippen molar-refractivity contribution in [3.8, 4) is 0 Å². The zero-order valence-corrected chi connectivity index (χ0v) is 15.7. The number of carbonyl (C=O) groups is 1. The molecule has 2 amide bonds. The summed E-state index contributed by atoms with van der Waals surface area (Å²) in [5.41, 5.74) is 1.74. The highest BCUT2D eigenvalue weighted by Gasteiger charge is 2.14. The Hall–Kier alpha value is -2.68. The van der Waals surface area contributed by atoms with Crippen LogP contribution in [0.15, 0.2) is 42.7 Å². The third-order valence-corrected chi connectivity index (χ3v) is 4.84. The predicted octanol–water partition coefficient (Wildman–Crippen LogP) is 1.30. The van der Waals surface area contributed by atoms with Crippen molar-refractivity contribution in [2.45, 2.75) is 19.4 Å². The summed E-state index contributed by atoms with van der Waals surface area (Å²) < 4.78 is 25.9. The van der Waals surface area contributed by atoms with E-state index in [-0.39, 0.29) is 12.3 Å². The number of urea groups is 1. The summed E-state index contributed by atoms with van der Waals surface area (Å²) in [6, 6.07) is 8.84. The average molecular weight is 377 g/mol. The molecule has 0 saturated heterocycles. The molecule has 0 aliphatic rings. The summed E-state index contributed by atoms with van der Waals surface area (Å²) in [7, 11) is -0.0277. The molecule has 2 rings (SSSR count). The van der Waals surface area contributed by atoms with Gasteiger partial charge in [0.05, 0.1) is 5.75 Å². The molecule has 0 saturated carbocycles. The van der Waals surface area contributed by atoms with Crippen LogP contribution in [0.3, 0.4) is 0 Å². The van der Waals surface area contributed by atoms with Crippen molar-refractivity contribution in [3.05, 3.63) is 53.9 Å². The van der Waals surface area contributed by atoms with E-state index in [0.29, 0.717) is 24.4 Å². The van der Waals surface area contributed by atoms with Crippen LogP contribution in [0.2, 0.25) is 0 Å². The van der Waals surface area contributed by atoms with Crippen LogP contribution in [0.5, 0.6) is 0 Å². The van der Waals surface area contributed by atoms with Gasteiger partial charge < -0.3 is 10.2 Å². The van der Waals surface area contributed by atoms with Gasteiger partial charge in [-0.3, -0.25) is 0 Å². The van der Waals surface area contributed by atoms with Crippen LogP contribution in [-0.4, -0.2) is 44.3 Å². The molecule has 8 nitrogen and oxygen atoms in total. The lowest BCUT2D eigenvalue weighted by Crippen LogP contribution is -2.40. The number of benzene rings is 1. The molecular formula is C17H23N5O3S. The highest BCUT2D eigenvalue weighted by Crippen LogP contribution is 2.04. The van der Waals surface area contributed by atoms with Crippen LogP contribution in [-0.2, 0) is 23.0 Å². The van der Waals surface area contributed by atoms with Crippen LogP contribution >= 0.6 is 0 Å². The van der Waals surface area contributed by atoms with Crippen LogP contribution in [0, 0.1) is 0 Å². The van der Waals surface area contributed by atoms with E-state index in [0.717, 1.165) is 5.56 Å². The molecular weight excluding hydrogens is 354 g/mol. The third-order valence-electron chi connectivity index (χ3n) is 3.51. The smallest absolute Gasteiger partial charge is 0.328 e. The molecule has 0 unspecified atom stereocenters. The minimum absolute atomic E-state index is 0.115. The highest BCUT2D eigenvalue weighted by molar-refractivity contribution is 7.90. The molecule has 0 fully saturated rings. The maximum Gasteiger partial charge on any atom is 0.328 e. The number of rotatable bonds is 8. The van der Waals surface area contributed by atoms with Gasteiger partial charge in [0.2, 0.25) is 16.0 Å². The molecule has 26 heavy (non-hydrogen) atoms. The fourth-order valence-corrected chi connectivity index (χ4v) is 3.17. The second-order valence-electron chi connectivity index (χ2n) is 5.98. The molecule has 9 heteroatoms. The predicted molar refractivity (Wildman–Crippen MR) is 100 cm³/mol. The Kier molecular flexibility index (Phi) is 6.90. The number of aryl methyl sites for hydroxylation is 1. The number of hydrogen-bond acceptors (Lipinski definition) is 6. The summed E-state index contributed by atoms with van der Waals surface area (Å²) in [4.78, 5) is 21.8. The van der Waals surface area contributed by atoms with E-state index in [1.165, 1.54) is 0 Å². The molecule has 0 aliphatic carbocycles. The van der Waals surface area contributed by atoms with Gasteiger partial charge in [-0.2, -0.15) is 0 Å². The SMILES string of the molecule is CN(C)c1ncc(CNC(=O)NS(=O)(=O)CCCc2ccccc2)cn1. The first-order valence-electron chi connectivity index (χ1n) is 8.16. The minimum atomic E-state index is -3.67. The van der Waals surface area contributed by atoms with Gasteiger partial charge in [0.15, 0.2) is 0 Å². The summed E-state index contributed by atoms with van der Waals surface area (Å²) in [5.74, 6) is 0.440. The Morgan fingerprint density at radius 3 is 2.35 bits per heavy atom. The summed E-state index contributed by atoms with van der Waals surface area (Å²) in [6.45, 7) is 0.138. The molecule has 2 N–H and O–H groups in total. The number of nitrogens with zero attached hydrogens (tertiary/aromatic N) is 3. The average Bonchev–Trinajstić information content (AvgIpc) is 2.60. The first kappa shape index (κ1) is 19.6. The number of aromatic nitrogens is 2. The minimum Gasteiger partial charge on any atom is -0.347 e. The van der Waals surface area contributed by atoms with E-state index in [9.17, 15) is 13.2 Å². The molecule has 0 bridgehead atoms. The number of carbonyl (C=O) groups excluding carboxylic acids is 1. The molecule has 2 aromatic rings. The van der Waals surface area contributed by atoms with E-state index < -0.39 is 16.1 Å². The Bertz CT molecular complexity index is 808. The number of nitrogens with one attached hydrogen (secondary N) is 2. The lowest BCUT2D eigenvalue weighted by molar-refractivity contribution is 0.245. The van der Waals surface area contributed by atoms with Gasteiger partial charge in [-0.25, -0.2) is 27.9 Å². The van der Waals surface area contributed by atoms with Crippen molar-refractivity contribution in [3.63, 3.8) is 0 Å². The number of anilines is 1. The van der Waals surface area contributed by atoms with Gasteiger partial charge in [0.25, 0.3) is 0 Å². The molecule has 140 valence electrons. The van der Waals surface area contributed by atoms with Crippen molar-refractivity contribution >= 4 is 22.0 Å². The number of hydrogen-bond donors (Lipinski definition) is 2. The zero-order chi connectivity index (χ0) is 19.0. The topological polar surface area (TPSA) is 104 Å². The van der Waals surface area contributed by atoms with Crippen molar-refractivity contribution in [1.29, 1.82) is 0 Å². The Morgan fingerprint density at radius 1 is 1.08 bits per heavy atom. The molecule has 0 spiro atoms. The summed E-state index contributed by atoms with van der Waals surface area (Å²) in [6.07, 6.45) is 4.24. The van der Waals surface area contributed by atoms with Gasteiger partial charge in [0, 0.05) is 38.6 Å². The van der Waals surface area contributed by atoms with E-state index in [4.69, 9.17) is 0 Å². The first-order chi connectivity index (χ1) is 12.4. The first-order valence-corrected chi connectivity index (χ1v) is 9.81. The Labute approximate surface area is 153 Å². The molecule has 1 heterocycles. The van der Waals surface area contributed by atoms with Gasteiger partial charge in [-0.15, -0.1) is 0 Å². The second kappa shape index (κ2) is 9.14. The molecule has 0 aliphatic heterocycles. The molecule has 0 radical (unpaired) electrons. The summed E-state index contributed by atoms with van der Waals surface area (Å²) in [5, 5.41) is 2.49. The Balaban J connectivity index is 1.75. The molecule has 1 aromatic heterocycles. The van der Waals surface area contributed by atoms with Crippen molar-refractivity contribution < 1.29 is 13.2 Å². The highest BCUT2D eigenvalue weighted by atomic mass is 32.2. The monoisotopic (exact) mass is 377 g/mol. The lowest BCUT2D eigenvalue weighted by Gasteiger charge is -2.11. The van der Waals surface area contributed by atoms with Crippen LogP contribution in [0.1, 0.15) is 17.5 Å². The molecule has 1 aromatic carbocycles. The van der Waals surface area contributed by atoms with Crippen molar-refractivity contribution in [2.24, 2.45) is 0 Å². The van der Waals surface area contributed by atoms with Gasteiger partial charge in [-0.05, 0) is 18.4 Å². The van der Waals surface area contributed by atoms with Crippen molar-refractivity contribution in [1.82, 2.24) is 20.0 Å². The van der Waals surface area contributed by atoms with Gasteiger partial charge in [-0.1, -0.05) is 30.3 Å². The van der Waals surface area contributed by atoms with Crippen molar-refractivity contribution in [2.75, 3.05) is 24.7 Å². The fourth-order valence-electron chi connectivity index (χ4n) is 2.19. The normalized spacial score (nSPS) is 11.0. The zero-order valence-electron chi connectivity index (χ0n) is 14.8. The Morgan fingerprint density at radius 2 is 1.73 bits per heavy atom. The third kappa shape index (κ3) is 6.67. The van der Waals surface area contributed by atoms with E-state index in [1.807, 2.05) is 49.1 Å². The van der Waals surface area contributed by atoms with Gasteiger partial charge >= 0.3 is 6.03 Å². The van der Waals surface area contributed by atoms with E-state index in [1.54, 1.807) is 17.3 Å². The fraction of sp³-hybridized carbons (Fsp3) is 0.353. The quantitative estimate of drug-likeness (QED) is 0.719. The number of amides is 2. The van der Waals surface area contributed by atoms with E-state index >= 15 is 0 Å². The molecule has 0 atom stereocenters. The lowest BCUT2D eigenvalue weighted by atomic mass is 10.1. The maximum atomic E-state index is 12.0. The van der Waals surface area contributed by atoms with Crippen LogP contribution in [0.25, 0.3) is 0 Å². The van der Waals surface area contributed by atoms with Gasteiger partial charge in [0.1, 0.15) is 0 Å². The number of sulfonamides is 1.